The SMILES string of the molecule is CC(NC1CCS(=O)CC1)C(=O)NCC(F)(F)F. The fourth-order valence-electron chi connectivity index (χ4n) is 1.73. The van der Waals surface area contributed by atoms with Crippen molar-refractivity contribution in [2.75, 3.05) is 18.1 Å². The molecule has 1 rings (SSSR count). The van der Waals surface area contributed by atoms with Crippen molar-refractivity contribution in [3.63, 3.8) is 0 Å². The number of alkyl halides is 3. The van der Waals surface area contributed by atoms with Crippen molar-refractivity contribution in [1.82, 2.24) is 10.6 Å². The molecular weight excluding hydrogens is 269 g/mol. The van der Waals surface area contributed by atoms with Crippen LogP contribution in [0.25, 0.3) is 0 Å². The van der Waals surface area contributed by atoms with Crippen LogP contribution < -0.4 is 10.6 Å². The number of nitrogens with one attached hydrogen (secondary N) is 2. The van der Waals surface area contributed by atoms with Gasteiger partial charge in [0.1, 0.15) is 6.54 Å². The van der Waals surface area contributed by atoms with Crippen LogP contribution in [0.15, 0.2) is 0 Å². The fourth-order valence-corrected chi connectivity index (χ4v) is 3.03. The molecule has 1 heterocycles. The van der Waals surface area contributed by atoms with Gasteiger partial charge in [0.15, 0.2) is 0 Å². The number of halogens is 3. The Hall–Kier alpha value is -0.630. The minimum absolute atomic E-state index is 0.0503. The van der Waals surface area contributed by atoms with Crippen LogP contribution in [-0.2, 0) is 15.6 Å². The van der Waals surface area contributed by atoms with E-state index >= 15 is 0 Å². The molecular formula is C10H17F3N2O2S. The van der Waals surface area contributed by atoms with Gasteiger partial charge in [0.25, 0.3) is 0 Å². The maximum absolute atomic E-state index is 11.9. The van der Waals surface area contributed by atoms with Gasteiger partial charge in [-0.2, -0.15) is 13.2 Å². The van der Waals surface area contributed by atoms with E-state index in [9.17, 15) is 22.2 Å². The van der Waals surface area contributed by atoms with Crippen molar-refractivity contribution >= 4 is 16.7 Å². The Labute approximate surface area is 106 Å². The average Bonchev–Trinajstić information content (AvgIpc) is 2.28. The predicted molar refractivity (Wildman–Crippen MR) is 62.6 cm³/mol. The van der Waals surface area contributed by atoms with Crippen molar-refractivity contribution in [3.8, 4) is 0 Å². The quantitative estimate of drug-likeness (QED) is 0.794. The van der Waals surface area contributed by atoms with Crippen LogP contribution >= 0.6 is 0 Å². The smallest absolute Gasteiger partial charge is 0.346 e. The Morgan fingerprint density at radius 3 is 2.44 bits per heavy atom. The highest BCUT2D eigenvalue weighted by Crippen LogP contribution is 2.13. The Bertz CT molecular complexity index is 313. The van der Waals surface area contributed by atoms with Gasteiger partial charge in [0.05, 0.1) is 6.04 Å². The molecule has 1 aliphatic rings. The lowest BCUT2D eigenvalue weighted by Gasteiger charge is -2.25. The summed E-state index contributed by atoms with van der Waals surface area (Å²) in [7, 11) is -0.791. The molecule has 0 aliphatic carbocycles. The average molecular weight is 286 g/mol. The summed E-state index contributed by atoms with van der Waals surface area (Å²) in [6, 6.07) is -0.627. The molecule has 106 valence electrons. The normalized spacial score (nSPS) is 26.7. The van der Waals surface area contributed by atoms with Crippen molar-refractivity contribution in [1.29, 1.82) is 0 Å². The monoisotopic (exact) mass is 286 g/mol. The molecule has 1 unspecified atom stereocenters. The Kier molecular flexibility index (Phi) is 5.58. The maximum Gasteiger partial charge on any atom is 0.405 e. The first-order valence-corrected chi connectivity index (χ1v) is 7.22. The summed E-state index contributed by atoms with van der Waals surface area (Å²) in [5, 5.41) is 4.80. The van der Waals surface area contributed by atoms with Crippen molar-refractivity contribution in [3.05, 3.63) is 0 Å². The van der Waals surface area contributed by atoms with Gasteiger partial charge >= 0.3 is 6.18 Å². The highest BCUT2D eigenvalue weighted by atomic mass is 32.2. The Morgan fingerprint density at radius 1 is 1.39 bits per heavy atom. The third kappa shape index (κ3) is 5.81. The van der Waals surface area contributed by atoms with E-state index in [-0.39, 0.29) is 6.04 Å². The standard InChI is InChI=1S/C10H17F3N2O2S/c1-7(9(16)14-6-10(11,12)13)15-8-2-4-18(17)5-3-8/h7-8,15H,2-6H2,1H3,(H,14,16). The van der Waals surface area contributed by atoms with Crippen molar-refractivity contribution in [2.45, 2.75) is 38.0 Å². The largest absolute Gasteiger partial charge is 0.405 e. The van der Waals surface area contributed by atoms with Gasteiger partial charge < -0.3 is 10.6 Å². The number of hydrogen-bond donors (Lipinski definition) is 2. The molecule has 4 nitrogen and oxygen atoms in total. The molecule has 1 aliphatic heterocycles. The predicted octanol–water partition coefficient (Wildman–Crippen LogP) is 0.554. The third-order valence-corrected chi connectivity index (χ3v) is 4.11. The Morgan fingerprint density at radius 2 is 1.94 bits per heavy atom. The highest BCUT2D eigenvalue weighted by Gasteiger charge is 2.29. The lowest BCUT2D eigenvalue weighted by Crippen LogP contribution is -2.49. The zero-order valence-corrected chi connectivity index (χ0v) is 10.9. The molecule has 0 bridgehead atoms. The van der Waals surface area contributed by atoms with Crippen LogP contribution in [0.2, 0.25) is 0 Å². The van der Waals surface area contributed by atoms with E-state index in [2.05, 4.69) is 5.32 Å². The molecule has 0 aromatic heterocycles. The molecule has 0 aromatic rings. The van der Waals surface area contributed by atoms with Crippen LogP contribution in [0.5, 0.6) is 0 Å². The van der Waals surface area contributed by atoms with Crippen LogP contribution in [0, 0.1) is 0 Å². The molecule has 0 saturated carbocycles. The third-order valence-electron chi connectivity index (χ3n) is 2.73. The first-order chi connectivity index (χ1) is 8.28. The second kappa shape index (κ2) is 6.51. The topological polar surface area (TPSA) is 58.2 Å². The zero-order valence-electron chi connectivity index (χ0n) is 10.0. The van der Waals surface area contributed by atoms with Crippen LogP contribution in [-0.4, -0.2) is 46.4 Å². The molecule has 0 radical (unpaired) electrons. The summed E-state index contributed by atoms with van der Waals surface area (Å²) in [5.41, 5.74) is 0. The highest BCUT2D eigenvalue weighted by molar-refractivity contribution is 7.85. The van der Waals surface area contributed by atoms with Crippen molar-refractivity contribution in [2.24, 2.45) is 0 Å². The van der Waals surface area contributed by atoms with Crippen LogP contribution in [0.3, 0.4) is 0 Å². The lowest BCUT2D eigenvalue weighted by atomic mass is 10.1. The van der Waals surface area contributed by atoms with E-state index in [1.807, 2.05) is 5.32 Å². The van der Waals surface area contributed by atoms with Crippen LogP contribution in [0.4, 0.5) is 13.2 Å². The molecule has 1 saturated heterocycles. The first kappa shape index (κ1) is 15.4. The van der Waals surface area contributed by atoms with Gasteiger partial charge in [-0.3, -0.25) is 9.00 Å². The lowest BCUT2D eigenvalue weighted by molar-refractivity contribution is -0.139. The Balaban J connectivity index is 2.29. The molecule has 1 atom stereocenters. The van der Waals surface area contributed by atoms with Gasteiger partial charge in [-0.1, -0.05) is 0 Å². The summed E-state index contributed by atoms with van der Waals surface area (Å²) in [5.74, 6) is 0.488. The van der Waals surface area contributed by atoms with Gasteiger partial charge in [0.2, 0.25) is 5.91 Å². The van der Waals surface area contributed by atoms with Crippen LogP contribution in [0.1, 0.15) is 19.8 Å². The van der Waals surface area contributed by atoms with E-state index in [1.165, 1.54) is 6.92 Å². The molecule has 8 heteroatoms. The fraction of sp³-hybridized carbons (Fsp3) is 0.900. The molecule has 18 heavy (non-hydrogen) atoms. The maximum atomic E-state index is 11.9. The summed E-state index contributed by atoms with van der Waals surface area (Å²) in [6.45, 7) is 0.212. The number of rotatable bonds is 4. The number of amides is 1. The van der Waals surface area contributed by atoms with Crippen molar-refractivity contribution < 1.29 is 22.2 Å². The number of carbonyl (C=O) groups is 1. The van der Waals surface area contributed by atoms with Gasteiger partial charge in [-0.25, -0.2) is 0 Å². The number of hydrogen-bond acceptors (Lipinski definition) is 3. The van der Waals surface area contributed by atoms with E-state index in [0.29, 0.717) is 24.3 Å². The number of carbonyl (C=O) groups excluding carboxylic acids is 1. The minimum atomic E-state index is -4.39. The van der Waals surface area contributed by atoms with E-state index in [0.717, 1.165) is 0 Å². The second-order valence-electron chi connectivity index (χ2n) is 4.34. The summed E-state index contributed by atoms with van der Waals surface area (Å²) < 4.78 is 46.9. The minimum Gasteiger partial charge on any atom is -0.346 e. The summed E-state index contributed by atoms with van der Waals surface area (Å²) in [6.07, 6.45) is -3.02. The van der Waals surface area contributed by atoms with Gasteiger partial charge in [-0.15, -0.1) is 0 Å². The molecule has 0 aromatic carbocycles. The van der Waals surface area contributed by atoms with E-state index in [4.69, 9.17) is 0 Å². The van der Waals surface area contributed by atoms with E-state index in [1.54, 1.807) is 0 Å². The van der Waals surface area contributed by atoms with Gasteiger partial charge in [-0.05, 0) is 19.8 Å². The molecule has 1 fully saturated rings. The summed E-state index contributed by atoms with van der Waals surface area (Å²) in [4.78, 5) is 11.4. The second-order valence-corrected chi connectivity index (χ2v) is 6.04. The van der Waals surface area contributed by atoms with E-state index < -0.39 is 35.5 Å². The molecule has 1 amide bonds. The first-order valence-electron chi connectivity index (χ1n) is 5.73. The summed E-state index contributed by atoms with van der Waals surface area (Å²) >= 11 is 0. The molecule has 0 spiro atoms. The molecule has 2 N–H and O–H groups in total. The zero-order chi connectivity index (χ0) is 13.8. The van der Waals surface area contributed by atoms with Gasteiger partial charge in [0, 0.05) is 28.3 Å².